The summed E-state index contributed by atoms with van der Waals surface area (Å²) in [7, 11) is -0.123. The first-order valence-electron chi connectivity index (χ1n) is 10.2. The summed E-state index contributed by atoms with van der Waals surface area (Å²) in [6, 6.07) is 4.03. The van der Waals surface area contributed by atoms with Gasteiger partial charge in [-0.15, -0.1) is 0 Å². The van der Waals surface area contributed by atoms with Crippen molar-refractivity contribution in [3.8, 4) is 0 Å². The van der Waals surface area contributed by atoms with Gasteiger partial charge in [-0.3, -0.25) is 4.90 Å². The van der Waals surface area contributed by atoms with Crippen LogP contribution in [0.5, 0.6) is 0 Å². The lowest BCUT2D eigenvalue weighted by Gasteiger charge is -2.32. The number of hydrogen-bond acceptors (Lipinski definition) is 6. The van der Waals surface area contributed by atoms with Crippen LogP contribution in [0.15, 0.2) is 22.8 Å². The Labute approximate surface area is 192 Å². The van der Waals surface area contributed by atoms with E-state index in [4.69, 9.17) is 11.6 Å². The van der Waals surface area contributed by atoms with E-state index in [9.17, 15) is 14.8 Å². The van der Waals surface area contributed by atoms with E-state index in [1.165, 1.54) is 4.72 Å². The quantitative estimate of drug-likeness (QED) is 0.437. The summed E-state index contributed by atoms with van der Waals surface area (Å²) in [4.78, 5) is 17.4. The van der Waals surface area contributed by atoms with Gasteiger partial charge in [0.25, 0.3) is 0 Å². The summed E-state index contributed by atoms with van der Waals surface area (Å²) in [6.07, 6.45) is 5.60. The van der Waals surface area contributed by atoms with Gasteiger partial charge in [-0.05, 0) is 79.1 Å². The van der Waals surface area contributed by atoms with Gasteiger partial charge in [-0.1, -0.05) is 17.9 Å². The number of fused-ring (bicyclic) bond motifs is 1. The molecule has 1 aliphatic rings. The first kappa shape index (κ1) is 23.6. The molecule has 1 radical (unpaired) electrons. The molecule has 0 unspecified atom stereocenters. The third-order valence-electron chi connectivity index (χ3n) is 5.66. The van der Waals surface area contributed by atoms with E-state index in [2.05, 4.69) is 31.9 Å². The molecule has 2 aromatic rings. The minimum atomic E-state index is -0.921. The normalized spacial score (nSPS) is 15.3. The van der Waals surface area contributed by atoms with Crippen LogP contribution in [0.3, 0.4) is 0 Å². The van der Waals surface area contributed by atoms with E-state index in [1.54, 1.807) is 27.1 Å². The fourth-order valence-electron chi connectivity index (χ4n) is 4.17. The van der Waals surface area contributed by atoms with Crippen LogP contribution < -0.4 is 4.72 Å². The Bertz CT molecular complexity index is 890. The molecule has 157 valence electrons. The highest BCUT2D eigenvalue weighted by Gasteiger charge is 2.29. The van der Waals surface area contributed by atoms with Gasteiger partial charge in [0.1, 0.15) is 5.82 Å². The zero-order chi connectivity index (χ0) is 21.8. The van der Waals surface area contributed by atoms with E-state index in [0.717, 1.165) is 60.4 Å². The van der Waals surface area contributed by atoms with Crippen molar-refractivity contribution in [2.24, 2.45) is 5.92 Å². The maximum atomic E-state index is 10.5. The number of piperidine rings is 1. The van der Waals surface area contributed by atoms with Gasteiger partial charge in [0.15, 0.2) is 7.28 Å². The highest BCUT2D eigenvalue weighted by Crippen LogP contribution is 2.37. The Morgan fingerprint density at radius 1 is 1.33 bits per heavy atom. The molecule has 0 spiro atoms. The third-order valence-corrected chi connectivity index (χ3v) is 6.59. The van der Waals surface area contributed by atoms with Gasteiger partial charge in [0, 0.05) is 28.0 Å². The fraction of sp³-hybridized carbons (Fsp3) is 0.474. The second-order valence-electron chi connectivity index (χ2n) is 7.93. The molecule has 1 aromatic carbocycles. The van der Waals surface area contributed by atoms with Crippen LogP contribution in [0.4, 0.5) is 5.82 Å². The van der Waals surface area contributed by atoms with Crippen LogP contribution in [0, 0.1) is 5.92 Å². The standard InChI is InChI=1S/C19H25B3BrClN3O3/c1-21(29)27(22(2)30)19-18-15(16(23)10-25-19)7-14(8-17(18)24)11-26-5-3-13(4-6-26)9-20-12-28/h7-8,10,12-13,29-30H,3-6,9,11H2,1-2H3. The Morgan fingerprint density at radius 3 is 2.60 bits per heavy atom. The number of carbonyl (C=O) groups excluding carboxylic acids is 1. The first-order valence-corrected chi connectivity index (χ1v) is 11.4. The maximum absolute atomic E-state index is 10.5. The molecule has 6 nitrogen and oxygen atoms in total. The van der Waals surface area contributed by atoms with Crippen LogP contribution in [-0.2, 0) is 11.3 Å². The summed E-state index contributed by atoms with van der Waals surface area (Å²) in [5.41, 5.74) is 1.10. The second kappa shape index (κ2) is 10.5. The lowest BCUT2D eigenvalue weighted by Crippen LogP contribution is -2.47. The summed E-state index contributed by atoms with van der Waals surface area (Å²) in [5.74, 6) is 1.03. The summed E-state index contributed by atoms with van der Waals surface area (Å²) in [6.45, 7) is 5.95. The van der Waals surface area contributed by atoms with Crippen LogP contribution in [0.25, 0.3) is 10.8 Å². The van der Waals surface area contributed by atoms with Gasteiger partial charge in [-0.25, -0.2) is 4.98 Å². The molecule has 1 aliphatic heterocycles. The van der Waals surface area contributed by atoms with Crippen molar-refractivity contribution in [2.45, 2.75) is 39.4 Å². The number of halogens is 2. The first-order chi connectivity index (χ1) is 14.3. The Morgan fingerprint density at radius 2 is 2.00 bits per heavy atom. The van der Waals surface area contributed by atoms with E-state index in [-0.39, 0.29) is 0 Å². The average molecular weight is 491 g/mol. The maximum Gasteiger partial charge on any atom is 0.399 e. The van der Waals surface area contributed by atoms with Crippen molar-refractivity contribution in [3.05, 3.63) is 33.4 Å². The van der Waals surface area contributed by atoms with Crippen LogP contribution in [0.1, 0.15) is 18.4 Å². The molecule has 1 fully saturated rings. The van der Waals surface area contributed by atoms with Crippen LogP contribution in [-0.4, -0.2) is 60.6 Å². The molecule has 3 rings (SSSR count). The number of rotatable bonds is 8. The lowest BCUT2D eigenvalue weighted by molar-refractivity contribution is 0.185. The van der Waals surface area contributed by atoms with Gasteiger partial charge >= 0.3 is 14.1 Å². The zero-order valence-electron chi connectivity index (χ0n) is 17.3. The van der Waals surface area contributed by atoms with E-state index in [1.807, 2.05) is 6.07 Å². The summed E-state index contributed by atoms with van der Waals surface area (Å²) < 4.78 is 2.24. The number of aromatic nitrogens is 1. The minimum Gasteiger partial charge on any atom is -0.433 e. The third kappa shape index (κ3) is 5.40. The molecule has 0 saturated carbocycles. The highest BCUT2D eigenvalue weighted by molar-refractivity contribution is 9.10. The summed E-state index contributed by atoms with van der Waals surface area (Å²) in [5, 5.41) is 22.4. The molecule has 0 atom stereocenters. The Hall–Kier alpha value is -1.06. The van der Waals surface area contributed by atoms with Crippen molar-refractivity contribution in [1.29, 1.82) is 0 Å². The number of nitrogens with zero attached hydrogens (tertiary/aromatic N) is 3. The number of likely N-dealkylation sites (tertiary alicyclic amines) is 1. The topological polar surface area (TPSA) is 76.9 Å². The van der Waals surface area contributed by atoms with Crippen molar-refractivity contribution < 1.29 is 14.8 Å². The second-order valence-corrected chi connectivity index (χ2v) is 9.19. The smallest absolute Gasteiger partial charge is 0.399 e. The lowest BCUT2D eigenvalue weighted by atomic mass is 9.69. The number of anilines is 1. The highest BCUT2D eigenvalue weighted by atomic mass is 79.9. The molecule has 1 saturated heterocycles. The van der Waals surface area contributed by atoms with Gasteiger partial charge in [0.05, 0.1) is 11.2 Å². The Kier molecular flexibility index (Phi) is 8.27. The SMILES string of the molecule is CB(O)N(B(C)O)c1ncc(Br)c2cc(CN3CCC(C[B]C=O)CC3)cc(Cl)c12. The predicted octanol–water partition coefficient (Wildman–Crippen LogP) is 3.20. The predicted molar refractivity (Wildman–Crippen MR) is 130 cm³/mol. The minimum absolute atomic E-state index is 0.446. The molecule has 0 bridgehead atoms. The number of hydrogen-bond donors (Lipinski definition) is 2. The van der Waals surface area contributed by atoms with Crippen molar-refractivity contribution in [1.82, 2.24) is 9.88 Å². The largest absolute Gasteiger partial charge is 0.433 e. The summed E-state index contributed by atoms with van der Waals surface area (Å²) >= 11 is 10.3. The van der Waals surface area contributed by atoms with Crippen LogP contribution in [0.2, 0.25) is 25.0 Å². The van der Waals surface area contributed by atoms with Crippen LogP contribution >= 0.6 is 27.5 Å². The molecule has 0 aliphatic carbocycles. The molecule has 1 aromatic heterocycles. The number of pyridine rings is 1. The number of benzene rings is 1. The van der Waals surface area contributed by atoms with E-state index >= 15 is 0 Å². The molecule has 11 heteroatoms. The monoisotopic (exact) mass is 490 g/mol. The molecule has 2 N–H and O–H groups in total. The van der Waals surface area contributed by atoms with Gasteiger partial charge in [0.2, 0.25) is 0 Å². The van der Waals surface area contributed by atoms with Crippen molar-refractivity contribution in [3.63, 3.8) is 0 Å². The molecule has 2 heterocycles. The molecule has 0 amide bonds. The number of carbonyl (C=O) groups is 1. The van der Waals surface area contributed by atoms with E-state index < -0.39 is 14.1 Å². The molecular weight excluding hydrogens is 466 g/mol. The van der Waals surface area contributed by atoms with Gasteiger partial charge < -0.3 is 19.6 Å². The Balaban J connectivity index is 1.86. The van der Waals surface area contributed by atoms with Gasteiger partial charge in [-0.2, -0.15) is 0 Å². The van der Waals surface area contributed by atoms with Crippen molar-refractivity contribution in [2.75, 3.05) is 17.8 Å². The molecular formula is C19H25B3BrClN3O3. The fourth-order valence-corrected chi connectivity index (χ4v) is 4.91. The average Bonchev–Trinajstić information content (AvgIpc) is 2.69. The van der Waals surface area contributed by atoms with Crippen molar-refractivity contribution >= 4 is 71.7 Å². The van der Waals surface area contributed by atoms with E-state index in [0.29, 0.717) is 22.1 Å². The zero-order valence-corrected chi connectivity index (χ0v) is 19.6. The molecule has 30 heavy (non-hydrogen) atoms.